The Hall–Kier alpha value is -1.81. The van der Waals surface area contributed by atoms with E-state index in [1.165, 1.54) is 11.3 Å². The number of carbonyl (C=O) groups is 1. The zero-order valence-electron chi connectivity index (χ0n) is 10.5. The van der Waals surface area contributed by atoms with E-state index in [0.29, 0.717) is 4.88 Å². The van der Waals surface area contributed by atoms with E-state index in [-0.39, 0.29) is 0 Å². The van der Waals surface area contributed by atoms with Gasteiger partial charge in [-0.2, -0.15) is 0 Å². The van der Waals surface area contributed by atoms with Crippen LogP contribution in [0.3, 0.4) is 0 Å². The summed E-state index contributed by atoms with van der Waals surface area (Å²) in [5.74, 6) is -0.110. The molecule has 0 spiro atoms. The number of aromatic carboxylic acids is 1. The number of carboxylic acids is 1. The highest BCUT2D eigenvalue weighted by Gasteiger charge is 2.14. The molecular weight excluding hydrogens is 248 g/mol. The largest absolute Gasteiger partial charge is 0.496 e. The highest BCUT2D eigenvalue weighted by atomic mass is 32.1. The minimum atomic E-state index is -0.894. The van der Waals surface area contributed by atoms with E-state index in [1.807, 2.05) is 26.0 Å². The lowest BCUT2D eigenvalue weighted by molar-refractivity contribution is 0.0702. The van der Waals surface area contributed by atoms with Gasteiger partial charge in [0.25, 0.3) is 0 Å². The van der Waals surface area contributed by atoms with Crippen LogP contribution in [0.5, 0.6) is 5.75 Å². The number of rotatable bonds is 3. The van der Waals surface area contributed by atoms with Gasteiger partial charge >= 0.3 is 5.97 Å². The molecule has 4 heteroatoms. The van der Waals surface area contributed by atoms with Gasteiger partial charge in [-0.05, 0) is 43.2 Å². The van der Waals surface area contributed by atoms with Gasteiger partial charge in [-0.1, -0.05) is 6.07 Å². The molecule has 1 aromatic carbocycles. The van der Waals surface area contributed by atoms with E-state index in [2.05, 4.69) is 6.07 Å². The molecule has 3 nitrogen and oxygen atoms in total. The quantitative estimate of drug-likeness (QED) is 0.916. The van der Waals surface area contributed by atoms with Crippen molar-refractivity contribution in [1.82, 2.24) is 0 Å². The summed E-state index contributed by atoms with van der Waals surface area (Å²) in [6.07, 6.45) is 0. The van der Waals surface area contributed by atoms with Crippen molar-refractivity contribution < 1.29 is 14.6 Å². The first-order chi connectivity index (χ1) is 8.52. The summed E-state index contributed by atoms with van der Waals surface area (Å²) in [4.78, 5) is 12.2. The molecule has 0 saturated heterocycles. The Morgan fingerprint density at radius 2 is 2.00 bits per heavy atom. The number of methoxy groups -OCH3 is 1. The SMILES string of the molecule is COc1cc(C)cc(C)c1-c1ccc(C(=O)O)s1. The number of aryl methyl sites for hydroxylation is 2. The molecule has 0 radical (unpaired) electrons. The lowest BCUT2D eigenvalue weighted by atomic mass is 10.0. The third kappa shape index (κ3) is 2.24. The highest BCUT2D eigenvalue weighted by Crippen LogP contribution is 2.38. The van der Waals surface area contributed by atoms with Crippen LogP contribution in [0, 0.1) is 13.8 Å². The van der Waals surface area contributed by atoms with Gasteiger partial charge in [0.2, 0.25) is 0 Å². The maximum atomic E-state index is 10.9. The van der Waals surface area contributed by atoms with Crippen molar-refractivity contribution in [2.45, 2.75) is 13.8 Å². The van der Waals surface area contributed by atoms with Crippen LogP contribution in [0.2, 0.25) is 0 Å². The maximum absolute atomic E-state index is 10.9. The van der Waals surface area contributed by atoms with Crippen molar-refractivity contribution in [3.63, 3.8) is 0 Å². The van der Waals surface area contributed by atoms with E-state index in [1.54, 1.807) is 13.2 Å². The van der Waals surface area contributed by atoms with Crippen LogP contribution in [-0.2, 0) is 0 Å². The Balaban J connectivity index is 2.58. The lowest BCUT2D eigenvalue weighted by Gasteiger charge is -2.11. The van der Waals surface area contributed by atoms with E-state index in [4.69, 9.17) is 9.84 Å². The van der Waals surface area contributed by atoms with Crippen LogP contribution in [0.25, 0.3) is 10.4 Å². The van der Waals surface area contributed by atoms with Gasteiger partial charge in [-0.15, -0.1) is 11.3 Å². The van der Waals surface area contributed by atoms with Gasteiger partial charge in [0.15, 0.2) is 0 Å². The first-order valence-electron chi connectivity index (χ1n) is 5.51. The smallest absolute Gasteiger partial charge is 0.345 e. The molecule has 0 amide bonds. The van der Waals surface area contributed by atoms with Gasteiger partial charge in [-0.25, -0.2) is 4.79 Å². The molecule has 2 rings (SSSR count). The second-order valence-electron chi connectivity index (χ2n) is 4.13. The second kappa shape index (κ2) is 4.82. The fourth-order valence-electron chi connectivity index (χ4n) is 1.99. The number of benzene rings is 1. The summed E-state index contributed by atoms with van der Waals surface area (Å²) in [7, 11) is 1.63. The van der Waals surface area contributed by atoms with Crippen LogP contribution in [0.4, 0.5) is 0 Å². The molecule has 0 aliphatic rings. The van der Waals surface area contributed by atoms with Crippen LogP contribution < -0.4 is 4.74 Å². The normalized spacial score (nSPS) is 10.4. The molecule has 1 heterocycles. The van der Waals surface area contributed by atoms with Crippen molar-refractivity contribution in [3.8, 4) is 16.2 Å². The van der Waals surface area contributed by atoms with Crippen molar-refractivity contribution in [1.29, 1.82) is 0 Å². The maximum Gasteiger partial charge on any atom is 0.345 e. The fourth-order valence-corrected chi connectivity index (χ4v) is 2.95. The fraction of sp³-hybridized carbons (Fsp3) is 0.214. The summed E-state index contributed by atoms with van der Waals surface area (Å²) in [5.41, 5.74) is 3.19. The first kappa shape index (κ1) is 12.6. The number of thiophene rings is 1. The van der Waals surface area contributed by atoms with E-state index < -0.39 is 5.97 Å². The monoisotopic (exact) mass is 262 g/mol. The standard InChI is InChI=1S/C14H14O3S/c1-8-6-9(2)13(10(7-8)17-3)11-4-5-12(18-11)14(15)16/h4-7H,1-3H3,(H,15,16). The minimum absolute atomic E-state index is 0.340. The molecule has 0 saturated carbocycles. The number of carboxylic acid groups (broad SMARTS) is 1. The van der Waals surface area contributed by atoms with Crippen LogP contribution >= 0.6 is 11.3 Å². The molecule has 0 atom stereocenters. The third-order valence-electron chi connectivity index (χ3n) is 2.73. The highest BCUT2D eigenvalue weighted by molar-refractivity contribution is 7.17. The van der Waals surface area contributed by atoms with Gasteiger partial charge < -0.3 is 9.84 Å². The Morgan fingerprint density at radius 3 is 2.56 bits per heavy atom. The van der Waals surface area contributed by atoms with Gasteiger partial charge in [0.1, 0.15) is 10.6 Å². The molecule has 0 unspecified atom stereocenters. The summed E-state index contributed by atoms with van der Waals surface area (Å²) in [6, 6.07) is 7.48. The van der Waals surface area contributed by atoms with E-state index in [0.717, 1.165) is 27.3 Å². The number of hydrogen-bond donors (Lipinski definition) is 1. The van der Waals surface area contributed by atoms with Crippen molar-refractivity contribution in [2.75, 3.05) is 7.11 Å². The van der Waals surface area contributed by atoms with Crippen LogP contribution in [0.15, 0.2) is 24.3 Å². The topological polar surface area (TPSA) is 46.5 Å². The summed E-state index contributed by atoms with van der Waals surface area (Å²) < 4.78 is 5.39. The summed E-state index contributed by atoms with van der Waals surface area (Å²) in [5, 5.41) is 8.96. The Kier molecular flexibility index (Phi) is 3.39. The molecule has 0 aliphatic carbocycles. The molecule has 18 heavy (non-hydrogen) atoms. The van der Waals surface area contributed by atoms with Gasteiger partial charge in [0.05, 0.1) is 7.11 Å². The number of ether oxygens (including phenoxy) is 1. The molecule has 1 aromatic heterocycles. The lowest BCUT2D eigenvalue weighted by Crippen LogP contribution is -1.91. The Labute approximate surface area is 110 Å². The Morgan fingerprint density at radius 1 is 1.28 bits per heavy atom. The molecule has 0 aliphatic heterocycles. The van der Waals surface area contributed by atoms with Crippen molar-refractivity contribution in [3.05, 3.63) is 40.3 Å². The minimum Gasteiger partial charge on any atom is -0.496 e. The molecule has 0 fully saturated rings. The summed E-state index contributed by atoms with van der Waals surface area (Å²) in [6.45, 7) is 4.02. The van der Waals surface area contributed by atoms with E-state index >= 15 is 0 Å². The van der Waals surface area contributed by atoms with Crippen molar-refractivity contribution >= 4 is 17.3 Å². The molecular formula is C14H14O3S. The predicted octanol–water partition coefficient (Wildman–Crippen LogP) is 3.74. The average molecular weight is 262 g/mol. The first-order valence-corrected chi connectivity index (χ1v) is 6.33. The Bertz CT molecular complexity index is 599. The zero-order chi connectivity index (χ0) is 13.3. The van der Waals surface area contributed by atoms with E-state index in [9.17, 15) is 4.79 Å². The third-order valence-corrected chi connectivity index (χ3v) is 3.82. The van der Waals surface area contributed by atoms with Crippen LogP contribution in [0.1, 0.15) is 20.8 Å². The molecule has 1 N–H and O–H groups in total. The number of hydrogen-bond acceptors (Lipinski definition) is 3. The van der Waals surface area contributed by atoms with Crippen molar-refractivity contribution in [2.24, 2.45) is 0 Å². The molecule has 2 aromatic rings. The summed E-state index contributed by atoms with van der Waals surface area (Å²) >= 11 is 1.26. The molecule has 0 bridgehead atoms. The van der Waals surface area contributed by atoms with Gasteiger partial charge in [-0.3, -0.25) is 0 Å². The molecule has 94 valence electrons. The zero-order valence-corrected chi connectivity index (χ0v) is 11.3. The average Bonchev–Trinajstić information content (AvgIpc) is 2.77. The predicted molar refractivity (Wildman–Crippen MR) is 72.7 cm³/mol. The second-order valence-corrected chi connectivity index (χ2v) is 5.21. The van der Waals surface area contributed by atoms with Crippen LogP contribution in [-0.4, -0.2) is 18.2 Å². The van der Waals surface area contributed by atoms with Gasteiger partial charge in [0, 0.05) is 10.4 Å².